The Bertz CT molecular complexity index is 428. The van der Waals surface area contributed by atoms with Gasteiger partial charge >= 0.3 is 0 Å². The monoisotopic (exact) mass is 329 g/mol. The number of ether oxygens (including phenoxy) is 2. The van der Waals surface area contributed by atoms with Gasteiger partial charge in [0.1, 0.15) is 0 Å². The molecule has 0 aromatic carbocycles. The molecule has 1 aromatic heterocycles. The summed E-state index contributed by atoms with van der Waals surface area (Å²) in [7, 11) is 0. The van der Waals surface area contributed by atoms with E-state index in [2.05, 4.69) is 30.8 Å². The van der Waals surface area contributed by atoms with E-state index in [0.29, 0.717) is 19.1 Å². The first-order chi connectivity index (χ1) is 9.10. The average Bonchev–Trinajstić information content (AvgIpc) is 2.37. The van der Waals surface area contributed by atoms with E-state index in [1.165, 1.54) is 0 Å². The number of hydrogen-bond donors (Lipinski definition) is 0. The molecule has 1 fully saturated rings. The molecule has 0 amide bonds. The Morgan fingerprint density at radius 2 is 2.32 bits per heavy atom. The van der Waals surface area contributed by atoms with Crippen molar-refractivity contribution in [1.82, 2.24) is 9.97 Å². The summed E-state index contributed by atoms with van der Waals surface area (Å²) in [5.74, 6) is 1.36. The van der Waals surface area contributed by atoms with Gasteiger partial charge in [0.2, 0.25) is 11.8 Å². The third kappa shape index (κ3) is 3.79. The molecule has 0 saturated carbocycles. The molecule has 0 spiro atoms. The fourth-order valence-corrected chi connectivity index (χ4v) is 2.54. The van der Waals surface area contributed by atoms with Gasteiger partial charge in [-0.2, -0.15) is 4.98 Å². The maximum atomic E-state index is 5.67. The lowest BCUT2D eigenvalue weighted by Crippen LogP contribution is -2.47. The predicted molar refractivity (Wildman–Crippen MR) is 78.3 cm³/mol. The van der Waals surface area contributed by atoms with E-state index >= 15 is 0 Å². The van der Waals surface area contributed by atoms with Crippen molar-refractivity contribution in [2.75, 3.05) is 30.0 Å². The molecule has 1 atom stereocenters. The second-order valence-electron chi connectivity index (χ2n) is 4.89. The van der Waals surface area contributed by atoms with Crippen LogP contribution in [0.2, 0.25) is 0 Å². The zero-order valence-corrected chi connectivity index (χ0v) is 13.2. The van der Waals surface area contributed by atoms with E-state index < -0.39 is 0 Å². The molecule has 0 aliphatic carbocycles. The average molecular weight is 330 g/mol. The number of halogens is 1. The number of alkyl halides is 1. The highest BCUT2D eigenvalue weighted by atomic mass is 79.9. The summed E-state index contributed by atoms with van der Waals surface area (Å²) < 4.78 is 11.2. The van der Waals surface area contributed by atoms with E-state index in [-0.39, 0.29) is 12.1 Å². The lowest BCUT2D eigenvalue weighted by molar-refractivity contribution is 0.0994. The summed E-state index contributed by atoms with van der Waals surface area (Å²) in [6.07, 6.45) is 0.110. The van der Waals surface area contributed by atoms with Gasteiger partial charge in [-0.1, -0.05) is 15.9 Å². The van der Waals surface area contributed by atoms with Crippen LogP contribution in [-0.4, -0.2) is 47.2 Å². The summed E-state index contributed by atoms with van der Waals surface area (Å²) in [6, 6.07) is 2.13. The van der Waals surface area contributed by atoms with E-state index in [4.69, 9.17) is 9.47 Å². The van der Waals surface area contributed by atoms with Gasteiger partial charge in [0.25, 0.3) is 0 Å². The van der Waals surface area contributed by atoms with Crippen molar-refractivity contribution in [3.05, 3.63) is 11.8 Å². The van der Waals surface area contributed by atoms with Crippen molar-refractivity contribution in [2.24, 2.45) is 0 Å². The number of morpholine rings is 1. The summed E-state index contributed by atoms with van der Waals surface area (Å²) >= 11 is 3.52. The van der Waals surface area contributed by atoms with Crippen LogP contribution in [0.25, 0.3) is 0 Å². The van der Waals surface area contributed by atoms with E-state index in [0.717, 1.165) is 23.5 Å². The Morgan fingerprint density at radius 1 is 1.53 bits per heavy atom. The highest BCUT2D eigenvalue weighted by Gasteiger charge is 2.25. The Kier molecular flexibility index (Phi) is 4.99. The van der Waals surface area contributed by atoms with Crippen LogP contribution in [0.5, 0.6) is 5.88 Å². The Labute approximate surface area is 122 Å². The smallest absolute Gasteiger partial charge is 0.229 e. The molecule has 1 aliphatic rings. The number of rotatable bonds is 4. The van der Waals surface area contributed by atoms with Crippen molar-refractivity contribution >= 4 is 21.9 Å². The zero-order chi connectivity index (χ0) is 13.8. The molecule has 19 heavy (non-hydrogen) atoms. The molecule has 2 heterocycles. The van der Waals surface area contributed by atoms with Crippen molar-refractivity contribution in [1.29, 1.82) is 0 Å². The van der Waals surface area contributed by atoms with Gasteiger partial charge < -0.3 is 14.4 Å². The topological polar surface area (TPSA) is 47.5 Å². The number of aromatic nitrogens is 2. The molecule has 1 saturated heterocycles. The van der Waals surface area contributed by atoms with Crippen LogP contribution in [0.15, 0.2) is 6.07 Å². The maximum Gasteiger partial charge on any atom is 0.229 e. The first-order valence-electron chi connectivity index (χ1n) is 6.53. The predicted octanol–water partition coefficient (Wildman–Crippen LogP) is 2.17. The van der Waals surface area contributed by atoms with Gasteiger partial charge in [-0.05, 0) is 20.8 Å². The molecular formula is C13H20BrN3O2. The number of aryl methyl sites for hydroxylation is 1. The maximum absolute atomic E-state index is 5.67. The fourth-order valence-electron chi connectivity index (χ4n) is 2.00. The minimum absolute atomic E-state index is 0.110. The first-order valence-corrected chi connectivity index (χ1v) is 7.65. The van der Waals surface area contributed by atoms with Crippen molar-refractivity contribution < 1.29 is 9.47 Å². The Morgan fingerprint density at radius 3 is 3.00 bits per heavy atom. The van der Waals surface area contributed by atoms with Crippen LogP contribution in [-0.2, 0) is 4.74 Å². The van der Waals surface area contributed by atoms with Gasteiger partial charge in [-0.25, -0.2) is 4.98 Å². The van der Waals surface area contributed by atoms with Crippen molar-refractivity contribution in [2.45, 2.75) is 32.9 Å². The minimum atomic E-state index is 0.110. The first kappa shape index (κ1) is 14.5. The van der Waals surface area contributed by atoms with E-state index in [1.54, 1.807) is 0 Å². The number of nitrogens with zero attached hydrogens (tertiary/aromatic N) is 3. The largest absolute Gasteiger partial charge is 0.475 e. The van der Waals surface area contributed by atoms with Crippen LogP contribution in [0.4, 0.5) is 5.95 Å². The normalized spacial score (nSPS) is 19.8. The van der Waals surface area contributed by atoms with Gasteiger partial charge in [0.15, 0.2) is 0 Å². The summed E-state index contributed by atoms with van der Waals surface area (Å²) in [5, 5.41) is 0.838. The van der Waals surface area contributed by atoms with E-state index in [9.17, 15) is 0 Å². The quantitative estimate of drug-likeness (QED) is 0.792. The van der Waals surface area contributed by atoms with Crippen molar-refractivity contribution in [3.63, 3.8) is 0 Å². The van der Waals surface area contributed by atoms with E-state index in [1.807, 2.05) is 26.8 Å². The van der Waals surface area contributed by atoms with Crippen LogP contribution in [0.3, 0.4) is 0 Å². The molecule has 2 rings (SSSR count). The molecule has 106 valence electrons. The lowest BCUT2D eigenvalue weighted by atomic mass is 10.3. The summed E-state index contributed by atoms with van der Waals surface area (Å²) in [6.45, 7) is 8.16. The second-order valence-corrected chi connectivity index (χ2v) is 5.54. The van der Waals surface area contributed by atoms with Gasteiger partial charge in [0, 0.05) is 23.6 Å². The third-order valence-electron chi connectivity index (χ3n) is 2.84. The molecular weight excluding hydrogens is 310 g/mol. The molecule has 0 radical (unpaired) electrons. The summed E-state index contributed by atoms with van der Waals surface area (Å²) in [5.41, 5.74) is 0.917. The molecule has 1 aromatic rings. The van der Waals surface area contributed by atoms with Crippen LogP contribution >= 0.6 is 15.9 Å². The van der Waals surface area contributed by atoms with Crippen LogP contribution in [0, 0.1) is 6.92 Å². The summed E-state index contributed by atoms with van der Waals surface area (Å²) in [4.78, 5) is 11.2. The highest BCUT2D eigenvalue weighted by molar-refractivity contribution is 9.09. The zero-order valence-electron chi connectivity index (χ0n) is 11.6. The SMILES string of the molecule is Cc1cc(OC(C)C)nc(N2CCOCC2CBr)n1. The van der Waals surface area contributed by atoms with Crippen LogP contribution < -0.4 is 9.64 Å². The van der Waals surface area contributed by atoms with Gasteiger partial charge in [-0.3, -0.25) is 0 Å². The minimum Gasteiger partial charge on any atom is -0.475 e. The molecule has 5 nitrogen and oxygen atoms in total. The molecule has 1 aliphatic heterocycles. The van der Waals surface area contributed by atoms with Gasteiger partial charge in [0.05, 0.1) is 25.4 Å². The van der Waals surface area contributed by atoms with Gasteiger partial charge in [-0.15, -0.1) is 0 Å². The molecule has 0 N–H and O–H groups in total. The molecule has 0 bridgehead atoms. The van der Waals surface area contributed by atoms with Crippen molar-refractivity contribution in [3.8, 4) is 5.88 Å². The Balaban J connectivity index is 2.24. The highest BCUT2D eigenvalue weighted by Crippen LogP contribution is 2.21. The number of hydrogen-bond acceptors (Lipinski definition) is 5. The third-order valence-corrected chi connectivity index (χ3v) is 3.59. The Hall–Kier alpha value is -0.880. The molecule has 6 heteroatoms. The standard InChI is InChI=1S/C13H20BrN3O2/c1-9(2)19-12-6-10(3)15-13(16-12)17-4-5-18-8-11(17)7-14/h6,9,11H,4-5,7-8H2,1-3H3. The lowest BCUT2D eigenvalue weighted by Gasteiger charge is -2.34. The fraction of sp³-hybridized carbons (Fsp3) is 0.692. The molecule has 1 unspecified atom stereocenters. The second kappa shape index (κ2) is 6.52. The van der Waals surface area contributed by atoms with Crippen LogP contribution in [0.1, 0.15) is 19.5 Å². The number of anilines is 1.